The molecule has 2 aromatic rings. The van der Waals surface area contributed by atoms with Crippen LogP contribution in [-0.4, -0.2) is 31.4 Å². The normalized spacial score (nSPS) is 13.7. The molecule has 2 aromatic carbocycles. The molecule has 0 spiro atoms. The van der Waals surface area contributed by atoms with E-state index in [1.54, 1.807) is 7.05 Å². The number of rotatable bonds is 6. The van der Waals surface area contributed by atoms with E-state index in [2.05, 4.69) is 0 Å². The van der Waals surface area contributed by atoms with Crippen LogP contribution in [0.5, 0.6) is 0 Å². The molecule has 114 valence electrons. The van der Waals surface area contributed by atoms with Crippen molar-refractivity contribution < 1.29 is 8.42 Å². The number of hydrogen-bond donors (Lipinski definition) is 0. The Morgan fingerprint density at radius 3 is 2.48 bits per heavy atom. The predicted octanol–water partition coefficient (Wildman–Crippen LogP) is 3.48. The first kappa shape index (κ1) is 16.3. The van der Waals surface area contributed by atoms with Gasteiger partial charge in [0, 0.05) is 19.5 Å². The van der Waals surface area contributed by atoms with Crippen molar-refractivity contribution in [1.29, 1.82) is 0 Å². The summed E-state index contributed by atoms with van der Waals surface area (Å²) < 4.78 is 25.9. The Balaban J connectivity index is 2.15. The molecule has 0 aliphatic carbocycles. The van der Waals surface area contributed by atoms with Crippen LogP contribution in [0.15, 0.2) is 42.5 Å². The van der Waals surface area contributed by atoms with Crippen molar-refractivity contribution in [3.63, 3.8) is 0 Å². The van der Waals surface area contributed by atoms with Crippen molar-refractivity contribution in [2.45, 2.75) is 13.5 Å². The lowest BCUT2D eigenvalue weighted by atomic mass is 10.1. The van der Waals surface area contributed by atoms with E-state index in [-0.39, 0.29) is 11.7 Å². The lowest BCUT2D eigenvalue weighted by Gasteiger charge is -2.19. The van der Waals surface area contributed by atoms with E-state index in [1.807, 2.05) is 49.4 Å². The molecule has 1 unspecified atom stereocenters. The van der Waals surface area contributed by atoms with Gasteiger partial charge in [0.25, 0.3) is 0 Å². The van der Waals surface area contributed by atoms with Gasteiger partial charge in [0.1, 0.15) is 0 Å². The summed E-state index contributed by atoms with van der Waals surface area (Å²) in [5.41, 5.74) is 0.985. The highest BCUT2D eigenvalue weighted by molar-refractivity contribution is 7.89. The van der Waals surface area contributed by atoms with Crippen LogP contribution in [0.25, 0.3) is 10.8 Å². The molecule has 0 radical (unpaired) electrons. The zero-order valence-electron chi connectivity index (χ0n) is 12.3. The molecule has 0 N–H and O–H groups in total. The van der Waals surface area contributed by atoms with Gasteiger partial charge in [-0.25, -0.2) is 12.7 Å². The molecule has 1 atom stereocenters. The molecule has 2 rings (SSSR count). The molecular weight excluding hydrogens is 306 g/mol. The molecular formula is C16H20ClNO2S. The summed E-state index contributed by atoms with van der Waals surface area (Å²) >= 11 is 5.71. The Hall–Kier alpha value is -1.10. The van der Waals surface area contributed by atoms with Gasteiger partial charge >= 0.3 is 0 Å². The summed E-state index contributed by atoms with van der Waals surface area (Å²) in [5.74, 6) is 0.389. The SMILES string of the molecule is CC(CCl)CS(=O)(=O)N(C)Cc1ccc2ccccc2c1. The van der Waals surface area contributed by atoms with Crippen LogP contribution in [0.2, 0.25) is 0 Å². The first-order valence-electron chi connectivity index (χ1n) is 6.90. The van der Waals surface area contributed by atoms with Gasteiger partial charge in [0.05, 0.1) is 5.75 Å². The second-order valence-electron chi connectivity index (χ2n) is 5.48. The van der Waals surface area contributed by atoms with Crippen molar-refractivity contribution in [2.24, 2.45) is 5.92 Å². The number of halogens is 1. The van der Waals surface area contributed by atoms with E-state index >= 15 is 0 Å². The summed E-state index contributed by atoms with van der Waals surface area (Å²) in [6.45, 7) is 2.22. The first-order chi connectivity index (χ1) is 9.92. The quantitative estimate of drug-likeness (QED) is 0.763. The third kappa shape index (κ3) is 4.19. The minimum atomic E-state index is -3.27. The lowest BCUT2D eigenvalue weighted by molar-refractivity contribution is 0.460. The van der Waals surface area contributed by atoms with E-state index in [0.29, 0.717) is 12.4 Å². The van der Waals surface area contributed by atoms with Gasteiger partial charge in [-0.3, -0.25) is 0 Å². The predicted molar refractivity (Wildman–Crippen MR) is 89.1 cm³/mol. The van der Waals surface area contributed by atoms with Crippen LogP contribution in [0, 0.1) is 5.92 Å². The molecule has 0 saturated heterocycles. The van der Waals surface area contributed by atoms with Crippen molar-refractivity contribution in [1.82, 2.24) is 4.31 Å². The monoisotopic (exact) mass is 325 g/mol. The Morgan fingerprint density at radius 1 is 1.14 bits per heavy atom. The molecule has 0 aliphatic rings. The maximum atomic E-state index is 12.2. The Morgan fingerprint density at radius 2 is 1.81 bits per heavy atom. The molecule has 21 heavy (non-hydrogen) atoms. The fourth-order valence-corrected chi connectivity index (χ4v) is 3.90. The Kier molecular flexibility index (Phi) is 5.25. The van der Waals surface area contributed by atoms with Crippen molar-refractivity contribution in [3.05, 3.63) is 48.0 Å². The molecule has 3 nitrogen and oxygen atoms in total. The highest BCUT2D eigenvalue weighted by Crippen LogP contribution is 2.18. The lowest BCUT2D eigenvalue weighted by Crippen LogP contribution is -2.31. The molecule has 0 fully saturated rings. The van der Waals surface area contributed by atoms with Gasteiger partial charge in [-0.15, -0.1) is 11.6 Å². The molecule has 0 saturated carbocycles. The van der Waals surface area contributed by atoms with Crippen LogP contribution >= 0.6 is 11.6 Å². The zero-order valence-corrected chi connectivity index (χ0v) is 13.9. The van der Waals surface area contributed by atoms with E-state index in [9.17, 15) is 8.42 Å². The van der Waals surface area contributed by atoms with Crippen LogP contribution in [0.1, 0.15) is 12.5 Å². The topological polar surface area (TPSA) is 37.4 Å². The second kappa shape index (κ2) is 6.77. The standard InChI is InChI=1S/C16H20ClNO2S/c1-13(10-17)12-21(19,20)18(2)11-14-7-8-15-5-3-4-6-16(15)9-14/h3-9,13H,10-12H2,1-2H3. The number of fused-ring (bicyclic) bond motifs is 1. The minimum absolute atomic E-state index is 0.0456. The average molecular weight is 326 g/mol. The highest BCUT2D eigenvalue weighted by Gasteiger charge is 2.21. The second-order valence-corrected chi connectivity index (χ2v) is 7.90. The van der Waals surface area contributed by atoms with Gasteiger partial charge < -0.3 is 0 Å². The molecule has 0 aliphatic heterocycles. The van der Waals surface area contributed by atoms with Gasteiger partial charge in [0.15, 0.2) is 0 Å². The molecule has 0 heterocycles. The molecule has 0 aromatic heterocycles. The van der Waals surface area contributed by atoms with Crippen LogP contribution in [-0.2, 0) is 16.6 Å². The number of sulfonamides is 1. The summed E-state index contributed by atoms with van der Waals surface area (Å²) in [7, 11) is -1.66. The highest BCUT2D eigenvalue weighted by atomic mass is 35.5. The van der Waals surface area contributed by atoms with Crippen molar-refractivity contribution in [3.8, 4) is 0 Å². The van der Waals surface area contributed by atoms with Gasteiger partial charge in [-0.2, -0.15) is 0 Å². The fraction of sp³-hybridized carbons (Fsp3) is 0.375. The third-order valence-electron chi connectivity index (χ3n) is 3.45. The van der Waals surface area contributed by atoms with E-state index in [4.69, 9.17) is 11.6 Å². The molecule has 0 bridgehead atoms. The van der Waals surface area contributed by atoms with Crippen LogP contribution in [0.4, 0.5) is 0 Å². The van der Waals surface area contributed by atoms with Crippen molar-refractivity contribution in [2.75, 3.05) is 18.7 Å². The molecule has 5 heteroatoms. The summed E-state index contributed by atoms with van der Waals surface area (Å²) in [4.78, 5) is 0. The average Bonchev–Trinajstić information content (AvgIpc) is 2.46. The van der Waals surface area contributed by atoms with Gasteiger partial charge in [-0.05, 0) is 28.3 Å². The maximum Gasteiger partial charge on any atom is 0.214 e. The Bertz CT molecular complexity index is 715. The zero-order chi connectivity index (χ0) is 15.5. The third-order valence-corrected chi connectivity index (χ3v) is 6.05. The van der Waals surface area contributed by atoms with Crippen LogP contribution in [0.3, 0.4) is 0 Å². The van der Waals surface area contributed by atoms with E-state index < -0.39 is 10.0 Å². The number of nitrogens with zero attached hydrogens (tertiary/aromatic N) is 1. The van der Waals surface area contributed by atoms with Gasteiger partial charge in [0.2, 0.25) is 10.0 Å². The number of benzene rings is 2. The summed E-state index contributed by atoms with van der Waals surface area (Å²) in [6.07, 6.45) is 0. The first-order valence-corrected chi connectivity index (χ1v) is 9.04. The largest absolute Gasteiger partial charge is 0.214 e. The maximum absolute atomic E-state index is 12.2. The summed E-state index contributed by atoms with van der Waals surface area (Å²) in [6, 6.07) is 14.1. The number of hydrogen-bond acceptors (Lipinski definition) is 2. The fourth-order valence-electron chi connectivity index (χ4n) is 2.22. The summed E-state index contributed by atoms with van der Waals surface area (Å²) in [5, 5.41) is 2.28. The van der Waals surface area contributed by atoms with E-state index in [0.717, 1.165) is 16.3 Å². The van der Waals surface area contributed by atoms with E-state index in [1.165, 1.54) is 4.31 Å². The smallest absolute Gasteiger partial charge is 0.212 e. The van der Waals surface area contributed by atoms with Crippen LogP contribution < -0.4 is 0 Å². The minimum Gasteiger partial charge on any atom is -0.212 e. The molecule has 0 amide bonds. The number of alkyl halides is 1. The van der Waals surface area contributed by atoms with Crippen molar-refractivity contribution >= 4 is 32.4 Å². The van der Waals surface area contributed by atoms with Gasteiger partial charge in [-0.1, -0.05) is 43.3 Å². The Labute approximate surface area is 131 Å².